The quantitative estimate of drug-likeness (QED) is 0.860. The normalized spacial score (nSPS) is 10.8. The van der Waals surface area contributed by atoms with Crippen LogP contribution in [0.2, 0.25) is 0 Å². The molecule has 6 nitrogen and oxygen atoms in total. The highest BCUT2D eigenvalue weighted by atomic mass is 15.2. The Kier molecular flexibility index (Phi) is 3.99. The summed E-state index contributed by atoms with van der Waals surface area (Å²) in [7, 11) is 3.77. The minimum atomic E-state index is 0.298. The lowest BCUT2D eigenvalue weighted by Crippen LogP contribution is -2.07. The first-order valence-electron chi connectivity index (χ1n) is 6.36. The topological polar surface area (TPSA) is 67.7 Å². The van der Waals surface area contributed by atoms with Gasteiger partial charge in [-0.25, -0.2) is 9.97 Å². The van der Waals surface area contributed by atoms with E-state index in [0.29, 0.717) is 12.5 Å². The van der Waals surface area contributed by atoms with Crippen LogP contribution in [0.3, 0.4) is 0 Å². The van der Waals surface area contributed by atoms with E-state index in [2.05, 4.69) is 39.5 Å². The molecular formula is C13H20N6. The van der Waals surface area contributed by atoms with Crippen LogP contribution in [0, 0.1) is 0 Å². The van der Waals surface area contributed by atoms with E-state index in [9.17, 15) is 0 Å². The van der Waals surface area contributed by atoms with E-state index < -0.39 is 0 Å². The third-order valence-electron chi connectivity index (χ3n) is 2.75. The van der Waals surface area contributed by atoms with Crippen molar-refractivity contribution in [2.24, 2.45) is 7.05 Å². The molecule has 0 fully saturated rings. The van der Waals surface area contributed by atoms with Gasteiger partial charge in [0.05, 0.1) is 6.20 Å². The van der Waals surface area contributed by atoms with E-state index >= 15 is 0 Å². The molecule has 0 aliphatic rings. The summed E-state index contributed by atoms with van der Waals surface area (Å²) in [4.78, 5) is 8.95. The van der Waals surface area contributed by atoms with Gasteiger partial charge < -0.3 is 10.6 Å². The maximum Gasteiger partial charge on any atom is 0.135 e. The van der Waals surface area contributed by atoms with Crippen molar-refractivity contribution in [2.45, 2.75) is 26.3 Å². The number of anilines is 2. The zero-order valence-electron chi connectivity index (χ0n) is 11.8. The molecule has 2 aromatic heterocycles. The largest absolute Gasteiger partial charge is 0.373 e. The minimum absolute atomic E-state index is 0.298. The Hall–Kier alpha value is -2.11. The van der Waals surface area contributed by atoms with Crippen molar-refractivity contribution < 1.29 is 0 Å². The second kappa shape index (κ2) is 5.69. The summed E-state index contributed by atoms with van der Waals surface area (Å²) in [6.07, 6.45) is 3.83. The summed E-state index contributed by atoms with van der Waals surface area (Å²) < 4.78 is 1.79. The first-order valence-corrected chi connectivity index (χ1v) is 6.36. The van der Waals surface area contributed by atoms with E-state index in [1.807, 2.05) is 32.6 Å². The molecule has 0 aliphatic carbocycles. The zero-order valence-corrected chi connectivity index (χ0v) is 11.8. The molecule has 2 heterocycles. The molecule has 0 spiro atoms. The summed E-state index contributed by atoms with van der Waals surface area (Å²) in [6, 6.07) is 1.91. The van der Waals surface area contributed by atoms with Gasteiger partial charge in [-0.3, -0.25) is 4.68 Å². The molecule has 0 aliphatic heterocycles. The fourth-order valence-corrected chi connectivity index (χ4v) is 1.70. The fourth-order valence-electron chi connectivity index (χ4n) is 1.70. The molecule has 0 amide bonds. The number of aryl methyl sites for hydroxylation is 1. The average molecular weight is 260 g/mol. The fraction of sp³-hybridized carbons (Fsp3) is 0.462. The van der Waals surface area contributed by atoms with E-state index in [1.165, 1.54) is 0 Å². The highest BCUT2D eigenvalue weighted by Gasteiger charge is 2.07. The Labute approximate surface area is 113 Å². The smallest absolute Gasteiger partial charge is 0.135 e. The first-order chi connectivity index (χ1) is 9.08. The van der Waals surface area contributed by atoms with E-state index in [0.717, 1.165) is 23.0 Å². The Bertz CT molecular complexity index is 546. The van der Waals surface area contributed by atoms with Crippen LogP contribution in [-0.4, -0.2) is 26.8 Å². The minimum Gasteiger partial charge on any atom is -0.373 e. The number of nitrogens with one attached hydrogen (secondary N) is 2. The van der Waals surface area contributed by atoms with Gasteiger partial charge in [0.1, 0.15) is 17.5 Å². The van der Waals surface area contributed by atoms with Gasteiger partial charge in [0.25, 0.3) is 0 Å². The van der Waals surface area contributed by atoms with Crippen molar-refractivity contribution in [3.05, 3.63) is 29.8 Å². The van der Waals surface area contributed by atoms with Crippen molar-refractivity contribution in [3.63, 3.8) is 0 Å². The second-order valence-electron chi connectivity index (χ2n) is 4.78. The molecule has 2 N–H and O–H groups in total. The Balaban J connectivity index is 2.12. The number of aromatic nitrogens is 4. The van der Waals surface area contributed by atoms with Crippen LogP contribution < -0.4 is 10.6 Å². The first kappa shape index (κ1) is 13.3. The van der Waals surface area contributed by atoms with Gasteiger partial charge in [-0.05, 0) is 0 Å². The van der Waals surface area contributed by atoms with Crippen LogP contribution in [0.1, 0.15) is 31.2 Å². The van der Waals surface area contributed by atoms with E-state index in [-0.39, 0.29) is 0 Å². The Morgan fingerprint density at radius 3 is 2.58 bits per heavy atom. The predicted octanol–water partition coefficient (Wildman–Crippen LogP) is 1.99. The standard InChI is InChI=1S/C13H20N6/c1-9(2)13-17-11(14-3)5-12(18-13)15-6-10-7-16-19(4)8-10/h5,7-9H,6H2,1-4H3,(H2,14,15,17,18). The number of hydrogen-bond donors (Lipinski definition) is 2. The van der Waals surface area contributed by atoms with Gasteiger partial charge in [0, 0.05) is 44.4 Å². The lowest BCUT2D eigenvalue weighted by Gasteiger charge is -2.10. The molecule has 0 atom stereocenters. The molecule has 0 unspecified atom stereocenters. The molecule has 2 aromatic rings. The van der Waals surface area contributed by atoms with Gasteiger partial charge in [-0.1, -0.05) is 13.8 Å². The number of nitrogens with zero attached hydrogens (tertiary/aromatic N) is 4. The second-order valence-corrected chi connectivity index (χ2v) is 4.78. The van der Waals surface area contributed by atoms with Crippen molar-refractivity contribution in [1.29, 1.82) is 0 Å². The van der Waals surface area contributed by atoms with E-state index in [1.54, 1.807) is 4.68 Å². The summed E-state index contributed by atoms with van der Waals surface area (Å²) in [5.74, 6) is 2.78. The maximum atomic E-state index is 4.51. The van der Waals surface area contributed by atoms with Gasteiger partial charge in [0.15, 0.2) is 0 Å². The van der Waals surface area contributed by atoms with E-state index in [4.69, 9.17) is 0 Å². The monoisotopic (exact) mass is 260 g/mol. The highest BCUT2D eigenvalue weighted by Crippen LogP contribution is 2.17. The van der Waals surface area contributed by atoms with Crippen LogP contribution in [-0.2, 0) is 13.6 Å². The Morgan fingerprint density at radius 2 is 2.00 bits per heavy atom. The van der Waals surface area contributed by atoms with Crippen molar-refractivity contribution in [1.82, 2.24) is 19.7 Å². The molecule has 0 saturated carbocycles. The van der Waals surface area contributed by atoms with Crippen LogP contribution >= 0.6 is 0 Å². The molecule has 102 valence electrons. The molecule has 0 aromatic carbocycles. The Morgan fingerprint density at radius 1 is 1.26 bits per heavy atom. The van der Waals surface area contributed by atoms with Crippen LogP contribution in [0.15, 0.2) is 18.5 Å². The molecule has 0 bridgehead atoms. The lowest BCUT2D eigenvalue weighted by atomic mass is 10.2. The molecule has 0 radical (unpaired) electrons. The zero-order chi connectivity index (χ0) is 13.8. The van der Waals surface area contributed by atoms with Crippen LogP contribution in [0.4, 0.5) is 11.6 Å². The maximum absolute atomic E-state index is 4.51. The molecular weight excluding hydrogens is 240 g/mol. The highest BCUT2D eigenvalue weighted by molar-refractivity contribution is 5.47. The molecule has 2 rings (SSSR count). The van der Waals surface area contributed by atoms with Gasteiger partial charge in [-0.15, -0.1) is 0 Å². The van der Waals surface area contributed by atoms with Crippen LogP contribution in [0.25, 0.3) is 0 Å². The van der Waals surface area contributed by atoms with Gasteiger partial charge in [-0.2, -0.15) is 5.10 Å². The molecule has 19 heavy (non-hydrogen) atoms. The molecule has 6 heteroatoms. The van der Waals surface area contributed by atoms with Gasteiger partial charge >= 0.3 is 0 Å². The third-order valence-corrected chi connectivity index (χ3v) is 2.75. The summed E-state index contributed by atoms with van der Waals surface area (Å²) in [5, 5.41) is 10.5. The van der Waals surface area contributed by atoms with Crippen LogP contribution in [0.5, 0.6) is 0 Å². The van der Waals surface area contributed by atoms with Gasteiger partial charge in [0.2, 0.25) is 0 Å². The predicted molar refractivity (Wildman–Crippen MR) is 76.2 cm³/mol. The third kappa shape index (κ3) is 3.43. The molecule has 0 saturated heterocycles. The van der Waals surface area contributed by atoms with Crippen molar-refractivity contribution in [2.75, 3.05) is 17.7 Å². The summed E-state index contributed by atoms with van der Waals surface area (Å²) >= 11 is 0. The SMILES string of the molecule is CNc1cc(NCc2cnn(C)c2)nc(C(C)C)n1. The van der Waals surface area contributed by atoms with Crippen molar-refractivity contribution >= 4 is 11.6 Å². The lowest BCUT2D eigenvalue weighted by molar-refractivity contribution is 0.766. The average Bonchev–Trinajstić information content (AvgIpc) is 2.81. The number of hydrogen-bond acceptors (Lipinski definition) is 5. The van der Waals surface area contributed by atoms with Crippen molar-refractivity contribution in [3.8, 4) is 0 Å². The number of rotatable bonds is 5. The summed E-state index contributed by atoms with van der Waals surface area (Å²) in [5.41, 5.74) is 1.12. The summed E-state index contributed by atoms with van der Waals surface area (Å²) in [6.45, 7) is 4.87.